The summed E-state index contributed by atoms with van der Waals surface area (Å²) >= 11 is 0. The number of nitrogens with zero attached hydrogens (tertiary/aromatic N) is 6. The molecule has 3 aromatic rings. The van der Waals surface area contributed by atoms with E-state index in [2.05, 4.69) is 20.3 Å². The van der Waals surface area contributed by atoms with Crippen molar-refractivity contribution in [1.29, 1.82) is 0 Å². The summed E-state index contributed by atoms with van der Waals surface area (Å²) in [6, 6.07) is 1.98. The SMILES string of the molecule is O=c1c2nnc3ccnn3c2ncn1C1CCCC1. The zero-order chi connectivity index (χ0) is 12.8. The van der Waals surface area contributed by atoms with Crippen LogP contribution in [0.15, 0.2) is 23.4 Å². The van der Waals surface area contributed by atoms with E-state index in [0.717, 1.165) is 12.8 Å². The summed E-state index contributed by atoms with van der Waals surface area (Å²) in [6.45, 7) is 0. The van der Waals surface area contributed by atoms with Gasteiger partial charge in [0.05, 0.1) is 6.20 Å². The van der Waals surface area contributed by atoms with Gasteiger partial charge < -0.3 is 0 Å². The largest absolute Gasteiger partial charge is 0.294 e. The summed E-state index contributed by atoms with van der Waals surface area (Å²) in [5.74, 6) is 0. The summed E-state index contributed by atoms with van der Waals surface area (Å²) < 4.78 is 3.24. The molecule has 0 unspecified atom stereocenters. The van der Waals surface area contributed by atoms with Crippen LogP contribution < -0.4 is 5.56 Å². The molecule has 3 heterocycles. The predicted octanol–water partition coefficient (Wildman–Crippen LogP) is 0.949. The summed E-state index contributed by atoms with van der Waals surface area (Å²) in [4.78, 5) is 16.8. The fourth-order valence-corrected chi connectivity index (χ4v) is 2.77. The van der Waals surface area contributed by atoms with E-state index in [0.29, 0.717) is 11.3 Å². The highest BCUT2D eigenvalue weighted by atomic mass is 16.1. The number of hydrogen-bond donors (Lipinski definition) is 0. The van der Waals surface area contributed by atoms with Crippen molar-refractivity contribution in [2.45, 2.75) is 31.7 Å². The molecule has 1 aliphatic carbocycles. The van der Waals surface area contributed by atoms with E-state index in [9.17, 15) is 4.79 Å². The molecule has 0 N–H and O–H groups in total. The highest BCUT2D eigenvalue weighted by Gasteiger charge is 2.20. The van der Waals surface area contributed by atoms with Crippen LogP contribution in [-0.4, -0.2) is 29.4 Å². The molecule has 1 saturated carbocycles. The molecule has 0 radical (unpaired) electrons. The maximum absolute atomic E-state index is 12.5. The van der Waals surface area contributed by atoms with Gasteiger partial charge >= 0.3 is 0 Å². The molecule has 0 aromatic carbocycles. The molecular formula is C12H12N6O. The monoisotopic (exact) mass is 256 g/mol. The molecule has 4 rings (SSSR count). The summed E-state index contributed by atoms with van der Waals surface area (Å²) in [6.07, 6.45) is 7.63. The Hall–Kier alpha value is -2.31. The second-order valence-corrected chi connectivity index (χ2v) is 4.87. The van der Waals surface area contributed by atoms with Gasteiger partial charge in [-0.3, -0.25) is 9.36 Å². The standard InChI is InChI=1S/C12H12N6O/c19-12-10-11(18-9(15-16-10)5-6-14-18)13-7-17(12)8-3-1-2-4-8/h5-8H,1-4H2. The lowest BCUT2D eigenvalue weighted by Crippen LogP contribution is -2.25. The molecule has 0 bridgehead atoms. The highest BCUT2D eigenvalue weighted by molar-refractivity contribution is 5.70. The van der Waals surface area contributed by atoms with E-state index >= 15 is 0 Å². The van der Waals surface area contributed by atoms with Crippen molar-refractivity contribution in [2.24, 2.45) is 0 Å². The molecule has 0 atom stereocenters. The zero-order valence-electron chi connectivity index (χ0n) is 10.2. The van der Waals surface area contributed by atoms with Crippen LogP contribution in [0.2, 0.25) is 0 Å². The molecular weight excluding hydrogens is 244 g/mol. The van der Waals surface area contributed by atoms with Crippen LogP contribution in [0.3, 0.4) is 0 Å². The fourth-order valence-electron chi connectivity index (χ4n) is 2.77. The lowest BCUT2D eigenvalue weighted by atomic mass is 10.2. The average Bonchev–Trinajstić information content (AvgIpc) is 3.10. The van der Waals surface area contributed by atoms with Crippen LogP contribution in [0.5, 0.6) is 0 Å². The van der Waals surface area contributed by atoms with Crippen LogP contribution in [0, 0.1) is 0 Å². The van der Waals surface area contributed by atoms with Crippen molar-refractivity contribution in [1.82, 2.24) is 29.4 Å². The van der Waals surface area contributed by atoms with Crippen LogP contribution in [0.4, 0.5) is 0 Å². The first-order valence-corrected chi connectivity index (χ1v) is 6.42. The molecule has 1 fully saturated rings. The Morgan fingerprint density at radius 1 is 1.21 bits per heavy atom. The number of hydrogen-bond acceptors (Lipinski definition) is 5. The van der Waals surface area contributed by atoms with Gasteiger partial charge in [0.1, 0.15) is 6.33 Å². The van der Waals surface area contributed by atoms with Crippen molar-refractivity contribution in [2.75, 3.05) is 0 Å². The second-order valence-electron chi connectivity index (χ2n) is 4.87. The van der Waals surface area contributed by atoms with Gasteiger partial charge in [-0.05, 0) is 12.8 Å². The number of rotatable bonds is 1. The number of fused-ring (bicyclic) bond motifs is 3. The van der Waals surface area contributed by atoms with Crippen molar-refractivity contribution in [3.05, 3.63) is 28.9 Å². The minimum atomic E-state index is -0.123. The molecule has 0 amide bonds. The third kappa shape index (κ3) is 1.47. The first-order valence-electron chi connectivity index (χ1n) is 6.42. The topological polar surface area (TPSA) is 78.0 Å². The van der Waals surface area contributed by atoms with E-state index < -0.39 is 0 Å². The van der Waals surface area contributed by atoms with E-state index in [1.165, 1.54) is 12.8 Å². The second kappa shape index (κ2) is 3.84. The van der Waals surface area contributed by atoms with Gasteiger partial charge in [-0.15, -0.1) is 10.2 Å². The van der Waals surface area contributed by atoms with Crippen molar-refractivity contribution < 1.29 is 0 Å². The molecule has 7 nitrogen and oxygen atoms in total. The van der Waals surface area contributed by atoms with Gasteiger partial charge in [-0.1, -0.05) is 12.8 Å². The Kier molecular flexibility index (Phi) is 2.14. The Labute approximate surface area is 107 Å². The molecule has 0 spiro atoms. The Balaban J connectivity index is 2.02. The smallest absolute Gasteiger partial charge is 0.283 e. The highest BCUT2D eigenvalue weighted by Crippen LogP contribution is 2.28. The fraction of sp³-hybridized carbons (Fsp3) is 0.417. The van der Waals surface area contributed by atoms with E-state index in [4.69, 9.17) is 0 Å². The minimum Gasteiger partial charge on any atom is -0.294 e. The zero-order valence-corrected chi connectivity index (χ0v) is 10.2. The third-order valence-corrected chi connectivity index (χ3v) is 3.75. The Morgan fingerprint density at radius 2 is 2.05 bits per heavy atom. The molecule has 19 heavy (non-hydrogen) atoms. The minimum absolute atomic E-state index is 0.123. The van der Waals surface area contributed by atoms with Gasteiger partial charge in [-0.25, -0.2) is 4.98 Å². The van der Waals surface area contributed by atoms with E-state index in [1.807, 2.05) is 0 Å². The van der Waals surface area contributed by atoms with Crippen LogP contribution in [0.1, 0.15) is 31.7 Å². The summed E-state index contributed by atoms with van der Waals surface area (Å²) in [7, 11) is 0. The molecule has 0 saturated heterocycles. The van der Waals surface area contributed by atoms with Crippen LogP contribution in [-0.2, 0) is 0 Å². The first kappa shape index (κ1) is 10.6. The Morgan fingerprint density at radius 3 is 2.89 bits per heavy atom. The van der Waals surface area contributed by atoms with Gasteiger partial charge in [0, 0.05) is 12.1 Å². The molecule has 1 aliphatic rings. The van der Waals surface area contributed by atoms with E-state index in [1.54, 1.807) is 27.7 Å². The molecule has 0 aliphatic heterocycles. The molecule has 96 valence electrons. The maximum Gasteiger partial charge on any atom is 0.283 e. The van der Waals surface area contributed by atoms with Gasteiger partial charge in [0.2, 0.25) is 0 Å². The van der Waals surface area contributed by atoms with Gasteiger partial charge in [0.15, 0.2) is 16.8 Å². The first-order chi connectivity index (χ1) is 9.34. The summed E-state index contributed by atoms with van der Waals surface area (Å²) in [5, 5.41) is 12.1. The van der Waals surface area contributed by atoms with Crippen molar-refractivity contribution >= 4 is 16.8 Å². The van der Waals surface area contributed by atoms with E-state index in [-0.39, 0.29) is 17.1 Å². The maximum atomic E-state index is 12.5. The van der Waals surface area contributed by atoms with Crippen molar-refractivity contribution in [3.63, 3.8) is 0 Å². The quantitative estimate of drug-likeness (QED) is 0.647. The van der Waals surface area contributed by atoms with Gasteiger partial charge in [0.25, 0.3) is 5.56 Å². The summed E-state index contributed by atoms with van der Waals surface area (Å²) in [5.41, 5.74) is 1.22. The van der Waals surface area contributed by atoms with Gasteiger partial charge in [-0.2, -0.15) is 9.61 Å². The normalized spacial score (nSPS) is 16.6. The molecule has 7 heteroatoms. The Bertz CT molecular complexity index is 814. The molecule has 3 aromatic heterocycles. The average molecular weight is 256 g/mol. The van der Waals surface area contributed by atoms with Crippen LogP contribution >= 0.6 is 0 Å². The number of aromatic nitrogens is 6. The van der Waals surface area contributed by atoms with Crippen LogP contribution in [0.25, 0.3) is 16.8 Å². The third-order valence-electron chi connectivity index (χ3n) is 3.75. The lowest BCUT2D eigenvalue weighted by molar-refractivity contribution is 0.497. The van der Waals surface area contributed by atoms with Crippen molar-refractivity contribution in [3.8, 4) is 0 Å². The predicted molar refractivity (Wildman–Crippen MR) is 67.8 cm³/mol. The lowest BCUT2D eigenvalue weighted by Gasteiger charge is -2.12.